The number of ether oxygens (including phenoxy) is 2. The van der Waals surface area contributed by atoms with Gasteiger partial charge in [-0.15, -0.1) is 0 Å². The fourth-order valence-electron chi connectivity index (χ4n) is 2.30. The zero-order valence-electron chi connectivity index (χ0n) is 13.8. The third kappa shape index (κ3) is 6.09. The molecule has 0 atom stereocenters. The number of morpholine rings is 1. The van der Waals surface area contributed by atoms with Crippen LogP contribution in [0.3, 0.4) is 0 Å². The van der Waals surface area contributed by atoms with Gasteiger partial charge in [0.1, 0.15) is 17.3 Å². The summed E-state index contributed by atoms with van der Waals surface area (Å²) in [7, 11) is 1.59. The average Bonchev–Trinajstić information content (AvgIpc) is 2.55. The number of anilines is 1. The van der Waals surface area contributed by atoms with Crippen molar-refractivity contribution in [3.8, 4) is 0 Å². The molecule has 1 amide bonds. The van der Waals surface area contributed by atoms with Crippen molar-refractivity contribution < 1.29 is 14.3 Å². The van der Waals surface area contributed by atoms with E-state index in [1.807, 2.05) is 0 Å². The summed E-state index contributed by atoms with van der Waals surface area (Å²) >= 11 is 0. The van der Waals surface area contributed by atoms with Gasteiger partial charge in [0.25, 0.3) is 5.91 Å². The van der Waals surface area contributed by atoms with Gasteiger partial charge in [0.05, 0.1) is 19.8 Å². The van der Waals surface area contributed by atoms with E-state index in [4.69, 9.17) is 9.47 Å². The number of aromatic nitrogens is 2. The molecule has 0 bridgehead atoms. The molecule has 0 radical (unpaired) electrons. The number of rotatable bonds is 8. The van der Waals surface area contributed by atoms with Crippen LogP contribution < -0.4 is 10.6 Å². The van der Waals surface area contributed by atoms with Gasteiger partial charge in [-0.3, -0.25) is 9.69 Å². The van der Waals surface area contributed by atoms with Crippen molar-refractivity contribution in [1.82, 2.24) is 20.2 Å². The van der Waals surface area contributed by atoms with Crippen LogP contribution in [0.1, 0.15) is 16.3 Å². The zero-order valence-corrected chi connectivity index (χ0v) is 13.8. The van der Waals surface area contributed by atoms with Gasteiger partial charge >= 0.3 is 0 Å². The summed E-state index contributed by atoms with van der Waals surface area (Å²) in [5.41, 5.74) is 0.363. The third-order valence-electron chi connectivity index (χ3n) is 3.50. The van der Waals surface area contributed by atoms with Crippen LogP contribution in [-0.4, -0.2) is 80.4 Å². The van der Waals surface area contributed by atoms with Crippen LogP contribution in [0.4, 0.5) is 5.82 Å². The number of hydrogen-bond donors (Lipinski definition) is 2. The molecule has 2 N–H and O–H groups in total. The molecule has 1 aliphatic rings. The fourth-order valence-corrected chi connectivity index (χ4v) is 2.30. The molecule has 2 heterocycles. The van der Waals surface area contributed by atoms with Crippen LogP contribution in [0, 0.1) is 6.92 Å². The van der Waals surface area contributed by atoms with E-state index in [0.29, 0.717) is 30.5 Å². The first-order chi connectivity index (χ1) is 11.2. The number of carbonyl (C=O) groups excluding carboxylic acids is 1. The maximum atomic E-state index is 12.0. The lowest BCUT2D eigenvalue weighted by molar-refractivity contribution is 0.0398. The van der Waals surface area contributed by atoms with Crippen LogP contribution in [0.5, 0.6) is 0 Å². The first kappa shape index (κ1) is 17.6. The molecular weight excluding hydrogens is 298 g/mol. The molecule has 23 heavy (non-hydrogen) atoms. The number of methoxy groups -OCH3 is 1. The Morgan fingerprint density at radius 1 is 1.35 bits per heavy atom. The number of amides is 1. The molecule has 8 nitrogen and oxygen atoms in total. The van der Waals surface area contributed by atoms with E-state index in [0.717, 1.165) is 39.4 Å². The van der Waals surface area contributed by atoms with Crippen molar-refractivity contribution in [3.05, 3.63) is 17.6 Å². The number of nitrogens with one attached hydrogen (secondary N) is 2. The standard InChI is InChI=1S/C15H25N5O3/c1-12-18-13(15(21)17-4-8-22-2)11-14(19-12)16-3-5-20-6-9-23-10-7-20/h11H,3-10H2,1-2H3,(H,17,21)(H,16,18,19). The average molecular weight is 323 g/mol. The summed E-state index contributed by atoms with van der Waals surface area (Å²) in [6, 6.07) is 1.68. The molecular formula is C15H25N5O3. The van der Waals surface area contributed by atoms with Crippen LogP contribution in [0.15, 0.2) is 6.07 Å². The van der Waals surface area contributed by atoms with E-state index < -0.39 is 0 Å². The topological polar surface area (TPSA) is 88.6 Å². The Morgan fingerprint density at radius 3 is 2.87 bits per heavy atom. The molecule has 0 saturated carbocycles. The van der Waals surface area contributed by atoms with Crippen LogP contribution in [0.25, 0.3) is 0 Å². The highest BCUT2D eigenvalue weighted by Gasteiger charge is 2.12. The van der Waals surface area contributed by atoms with Gasteiger partial charge in [-0.2, -0.15) is 0 Å². The smallest absolute Gasteiger partial charge is 0.270 e. The van der Waals surface area contributed by atoms with Gasteiger partial charge in [-0.1, -0.05) is 0 Å². The number of aryl methyl sites for hydroxylation is 1. The fraction of sp³-hybridized carbons (Fsp3) is 0.667. The molecule has 0 aliphatic carbocycles. The zero-order chi connectivity index (χ0) is 16.5. The summed E-state index contributed by atoms with van der Waals surface area (Å²) in [5.74, 6) is 1.02. The number of carbonyl (C=O) groups is 1. The number of nitrogens with zero attached hydrogens (tertiary/aromatic N) is 3. The maximum absolute atomic E-state index is 12.0. The molecule has 1 saturated heterocycles. The second-order valence-electron chi connectivity index (χ2n) is 5.32. The van der Waals surface area contributed by atoms with E-state index >= 15 is 0 Å². The minimum absolute atomic E-state index is 0.219. The number of hydrogen-bond acceptors (Lipinski definition) is 7. The lowest BCUT2D eigenvalue weighted by Gasteiger charge is -2.26. The van der Waals surface area contributed by atoms with E-state index in [1.54, 1.807) is 20.1 Å². The Labute approximate surface area is 136 Å². The minimum Gasteiger partial charge on any atom is -0.383 e. The van der Waals surface area contributed by atoms with Crippen LogP contribution in [0.2, 0.25) is 0 Å². The molecule has 1 fully saturated rings. The summed E-state index contributed by atoms with van der Waals surface area (Å²) in [6.07, 6.45) is 0. The van der Waals surface area contributed by atoms with Gasteiger partial charge in [0.15, 0.2) is 0 Å². The van der Waals surface area contributed by atoms with Crippen LogP contribution in [-0.2, 0) is 9.47 Å². The predicted octanol–water partition coefficient (Wildman–Crippen LogP) is -0.0947. The summed E-state index contributed by atoms with van der Waals surface area (Å²) < 4.78 is 10.2. The summed E-state index contributed by atoms with van der Waals surface area (Å²) in [4.78, 5) is 22.9. The molecule has 0 unspecified atom stereocenters. The SMILES string of the molecule is COCCNC(=O)c1cc(NCCN2CCOCC2)nc(C)n1. The Morgan fingerprint density at radius 2 is 2.13 bits per heavy atom. The lowest BCUT2D eigenvalue weighted by atomic mass is 10.3. The van der Waals surface area contributed by atoms with Crippen molar-refractivity contribution in [2.24, 2.45) is 0 Å². The predicted molar refractivity (Wildman–Crippen MR) is 86.7 cm³/mol. The van der Waals surface area contributed by atoms with Crippen molar-refractivity contribution in [2.45, 2.75) is 6.92 Å². The highest BCUT2D eigenvalue weighted by molar-refractivity contribution is 5.92. The van der Waals surface area contributed by atoms with E-state index in [9.17, 15) is 4.79 Å². The Bertz CT molecular complexity index is 506. The molecule has 8 heteroatoms. The second-order valence-corrected chi connectivity index (χ2v) is 5.32. The molecule has 1 aromatic rings. The lowest BCUT2D eigenvalue weighted by Crippen LogP contribution is -2.39. The maximum Gasteiger partial charge on any atom is 0.270 e. The van der Waals surface area contributed by atoms with Crippen molar-refractivity contribution >= 4 is 11.7 Å². The largest absolute Gasteiger partial charge is 0.383 e. The molecule has 1 aliphatic heterocycles. The highest BCUT2D eigenvalue weighted by Crippen LogP contribution is 2.07. The normalized spacial score (nSPS) is 15.4. The van der Waals surface area contributed by atoms with E-state index in [1.165, 1.54) is 0 Å². The van der Waals surface area contributed by atoms with E-state index in [-0.39, 0.29) is 5.91 Å². The molecule has 0 aromatic carbocycles. The van der Waals surface area contributed by atoms with Gasteiger partial charge in [0.2, 0.25) is 0 Å². The van der Waals surface area contributed by atoms with E-state index in [2.05, 4.69) is 25.5 Å². The van der Waals surface area contributed by atoms with Crippen LogP contribution >= 0.6 is 0 Å². The molecule has 0 spiro atoms. The highest BCUT2D eigenvalue weighted by atomic mass is 16.5. The van der Waals surface area contributed by atoms with Gasteiger partial charge in [-0.25, -0.2) is 9.97 Å². The quantitative estimate of drug-likeness (QED) is 0.646. The monoisotopic (exact) mass is 323 g/mol. The molecule has 1 aromatic heterocycles. The second kappa shape index (κ2) is 9.39. The summed E-state index contributed by atoms with van der Waals surface area (Å²) in [5, 5.41) is 6.02. The van der Waals surface area contributed by atoms with Crippen molar-refractivity contribution in [1.29, 1.82) is 0 Å². The Kier molecular flexibility index (Phi) is 7.18. The molecule has 128 valence electrons. The first-order valence-electron chi connectivity index (χ1n) is 7.86. The van der Waals surface area contributed by atoms with Gasteiger partial charge < -0.3 is 20.1 Å². The minimum atomic E-state index is -0.219. The van der Waals surface area contributed by atoms with Crippen molar-refractivity contribution in [2.75, 3.05) is 65.0 Å². The van der Waals surface area contributed by atoms with Gasteiger partial charge in [-0.05, 0) is 6.92 Å². The molecule has 2 rings (SSSR count). The summed E-state index contributed by atoms with van der Waals surface area (Å²) in [6.45, 7) is 7.88. The van der Waals surface area contributed by atoms with Gasteiger partial charge in [0, 0.05) is 45.9 Å². The first-order valence-corrected chi connectivity index (χ1v) is 7.86. The Balaban J connectivity index is 1.84. The van der Waals surface area contributed by atoms with Crippen molar-refractivity contribution in [3.63, 3.8) is 0 Å². The third-order valence-corrected chi connectivity index (χ3v) is 3.50. The Hall–Kier alpha value is -1.77.